The number of aromatic amines is 1. The highest BCUT2D eigenvalue weighted by Gasteiger charge is 2.22. The number of hydrogen-bond acceptors (Lipinski definition) is 5. The molecule has 0 spiro atoms. The minimum Gasteiger partial charge on any atom is -0.456 e. The van der Waals surface area contributed by atoms with Crippen LogP contribution in [0.5, 0.6) is 11.5 Å². The minimum absolute atomic E-state index is 0.0908. The number of hydrogen-bond donors (Lipinski definition) is 2. The van der Waals surface area contributed by atoms with Crippen LogP contribution in [0.1, 0.15) is 42.4 Å². The van der Waals surface area contributed by atoms with E-state index in [0.29, 0.717) is 45.6 Å². The minimum atomic E-state index is -1.44. The Balaban J connectivity index is 1.77. The number of nitrogens with one attached hydrogen (secondary N) is 2. The van der Waals surface area contributed by atoms with Crippen LogP contribution >= 0.6 is 0 Å². The van der Waals surface area contributed by atoms with Crippen LogP contribution in [0.2, 0.25) is 0 Å². The number of H-pyrrole nitrogens is 1. The maximum absolute atomic E-state index is 14.4. The summed E-state index contributed by atoms with van der Waals surface area (Å²) in [4.78, 5) is 32.9. The number of alkyl halides is 1. The van der Waals surface area contributed by atoms with Gasteiger partial charge in [0.2, 0.25) is 0 Å². The highest BCUT2D eigenvalue weighted by Crippen LogP contribution is 2.40. The lowest BCUT2D eigenvalue weighted by Gasteiger charge is -2.16. The van der Waals surface area contributed by atoms with Crippen molar-refractivity contribution in [2.45, 2.75) is 46.8 Å². The molecule has 0 saturated carbocycles. The second-order valence-electron chi connectivity index (χ2n) is 10.4. The van der Waals surface area contributed by atoms with E-state index in [2.05, 4.69) is 20.4 Å². The summed E-state index contributed by atoms with van der Waals surface area (Å²) in [6, 6.07) is 5.42. The molecule has 0 aliphatic carbocycles. The molecule has 202 valence electrons. The van der Waals surface area contributed by atoms with E-state index >= 15 is 0 Å². The smallest absolute Gasteiger partial charge is 0.274 e. The Morgan fingerprint density at radius 2 is 1.85 bits per heavy atom. The summed E-state index contributed by atoms with van der Waals surface area (Å²) < 4.78 is 24.0. The first-order chi connectivity index (χ1) is 18.4. The van der Waals surface area contributed by atoms with Gasteiger partial charge < -0.3 is 19.6 Å². The maximum Gasteiger partial charge on any atom is 0.274 e. The fourth-order valence-corrected chi connectivity index (χ4v) is 4.75. The number of ether oxygens (including phenoxy) is 1. The van der Waals surface area contributed by atoms with E-state index in [1.165, 1.54) is 18.4 Å². The van der Waals surface area contributed by atoms with Crippen LogP contribution < -0.4 is 15.6 Å². The normalized spacial score (nSPS) is 11.9. The molecule has 39 heavy (non-hydrogen) atoms. The molecule has 0 radical (unpaired) electrons. The first-order valence-corrected chi connectivity index (χ1v) is 12.7. The summed E-state index contributed by atoms with van der Waals surface area (Å²) >= 11 is 0. The number of halogens is 1. The number of benzene rings is 1. The summed E-state index contributed by atoms with van der Waals surface area (Å²) in [5, 5.41) is 8.74. The SMILES string of the molecule is CCNC(=O)c1cc2c(-c3cc4nn(CC(C)(C)F)cc4cc3Oc3c(C)cncc3C)cn(C)c(=O)c2[nH]1. The van der Waals surface area contributed by atoms with E-state index in [4.69, 9.17) is 4.74 Å². The predicted molar refractivity (Wildman–Crippen MR) is 149 cm³/mol. The summed E-state index contributed by atoms with van der Waals surface area (Å²) in [6.45, 7) is 9.23. The zero-order valence-electron chi connectivity index (χ0n) is 22.8. The number of nitrogens with zero attached hydrogens (tertiary/aromatic N) is 4. The summed E-state index contributed by atoms with van der Waals surface area (Å²) in [5.41, 5.74) is 2.61. The number of aryl methyl sites for hydroxylation is 3. The molecule has 0 saturated heterocycles. The van der Waals surface area contributed by atoms with E-state index in [0.717, 1.165) is 16.5 Å². The Bertz CT molecular complexity index is 1770. The summed E-state index contributed by atoms with van der Waals surface area (Å²) in [6.07, 6.45) is 6.98. The average Bonchev–Trinajstić information content (AvgIpc) is 3.46. The van der Waals surface area contributed by atoms with Gasteiger partial charge in [-0.05, 0) is 52.8 Å². The molecule has 9 nitrogen and oxygen atoms in total. The maximum atomic E-state index is 14.4. The van der Waals surface area contributed by atoms with Crippen LogP contribution in [-0.4, -0.2) is 42.4 Å². The van der Waals surface area contributed by atoms with Gasteiger partial charge in [-0.25, -0.2) is 4.39 Å². The fourth-order valence-electron chi connectivity index (χ4n) is 4.75. The van der Waals surface area contributed by atoms with Gasteiger partial charge in [-0.1, -0.05) is 0 Å². The highest BCUT2D eigenvalue weighted by molar-refractivity contribution is 6.04. The van der Waals surface area contributed by atoms with Gasteiger partial charge in [0.05, 0.1) is 12.1 Å². The molecule has 4 heterocycles. The Morgan fingerprint density at radius 1 is 1.13 bits per heavy atom. The Kier molecular flexibility index (Phi) is 6.49. The number of rotatable bonds is 7. The van der Waals surface area contributed by atoms with Crippen molar-refractivity contribution in [1.29, 1.82) is 0 Å². The molecule has 0 unspecified atom stereocenters. The standard InChI is InChI=1S/C29H31FN6O3/c1-7-32-27(37)23-10-20-21(14-35(6)28(38)25(20)33-23)19-9-22-18(13-36(34-22)15-29(4,5)30)8-24(19)39-26-16(2)11-31-12-17(26)3/h8-14,33H,7,15H2,1-6H3,(H,32,37). The Hall–Kier alpha value is -4.47. The number of fused-ring (bicyclic) bond motifs is 2. The number of pyridine rings is 2. The van der Waals surface area contributed by atoms with Gasteiger partial charge in [0, 0.05) is 71.4 Å². The molecule has 0 bridgehead atoms. The van der Waals surface area contributed by atoms with E-state index in [9.17, 15) is 14.0 Å². The lowest BCUT2D eigenvalue weighted by molar-refractivity contribution is 0.0951. The van der Waals surface area contributed by atoms with Gasteiger partial charge in [0.1, 0.15) is 28.4 Å². The van der Waals surface area contributed by atoms with Crippen molar-refractivity contribution in [3.63, 3.8) is 0 Å². The van der Waals surface area contributed by atoms with Crippen molar-refractivity contribution in [3.05, 3.63) is 70.2 Å². The number of carbonyl (C=O) groups is 1. The molecule has 0 aliphatic rings. The second kappa shape index (κ2) is 9.68. The summed E-state index contributed by atoms with van der Waals surface area (Å²) in [5.74, 6) is 0.893. The Labute approximate surface area is 224 Å². The van der Waals surface area contributed by atoms with E-state index in [1.807, 2.05) is 32.9 Å². The third-order valence-corrected chi connectivity index (χ3v) is 6.49. The van der Waals surface area contributed by atoms with Gasteiger partial charge in [-0.2, -0.15) is 5.10 Å². The topological polar surface area (TPSA) is 107 Å². The van der Waals surface area contributed by atoms with Gasteiger partial charge in [0.15, 0.2) is 0 Å². The predicted octanol–water partition coefficient (Wildman–Crippen LogP) is 5.19. The average molecular weight is 531 g/mol. The lowest BCUT2D eigenvalue weighted by Crippen LogP contribution is -2.23. The van der Waals surface area contributed by atoms with Crippen LogP contribution in [0.15, 0.2) is 47.8 Å². The third kappa shape index (κ3) is 5.01. The zero-order chi connectivity index (χ0) is 28.1. The lowest BCUT2D eigenvalue weighted by atomic mass is 10.0. The van der Waals surface area contributed by atoms with E-state index in [1.54, 1.807) is 42.6 Å². The molecule has 0 aliphatic heterocycles. The number of amides is 1. The first kappa shape index (κ1) is 26.1. The van der Waals surface area contributed by atoms with Crippen LogP contribution in [0.3, 0.4) is 0 Å². The van der Waals surface area contributed by atoms with Gasteiger partial charge in [-0.15, -0.1) is 0 Å². The van der Waals surface area contributed by atoms with Crippen molar-refractivity contribution < 1.29 is 13.9 Å². The molecular formula is C29H31FN6O3. The van der Waals surface area contributed by atoms with Crippen molar-refractivity contribution in [2.75, 3.05) is 6.54 Å². The molecule has 1 aromatic carbocycles. The quantitative estimate of drug-likeness (QED) is 0.301. The molecule has 5 aromatic rings. The van der Waals surface area contributed by atoms with Gasteiger partial charge in [0.25, 0.3) is 11.5 Å². The first-order valence-electron chi connectivity index (χ1n) is 12.7. The third-order valence-electron chi connectivity index (χ3n) is 6.49. The Morgan fingerprint density at radius 3 is 2.51 bits per heavy atom. The van der Waals surface area contributed by atoms with Crippen molar-refractivity contribution in [3.8, 4) is 22.6 Å². The monoisotopic (exact) mass is 530 g/mol. The molecule has 10 heteroatoms. The van der Waals surface area contributed by atoms with Crippen LogP contribution in [0.25, 0.3) is 32.9 Å². The van der Waals surface area contributed by atoms with Crippen molar-refractivity contribution in [1.82, 2.24) is 29.6 Å². The van der Waals surface area contributed by atoms with Crippen LogP contribution in [-0.2, 0) is 13.6 Å². The molecular weight excluding hydrogens is 499 g/mol. The molecule has 1 amide bonds. The molecule has 2 N–H and O–H groups in total. The molecule has 4 aromatic heterocycles. The van der Waals surface area contributed by atoms with E-state index in [-0.39, 0.29) is 23.7 Å². The fraction of sp³-hybridized carbons (Fsp3) is 0.310. The van der Waals surface area contributed by atoms with Crippen molar-refractivity contribution >= 4 is 27.7 Å². The zero-order valence-corrected chi connectivity index (χ0v) is 22.8. The van der Waals surface area contributed by atoms with Crippen LogP contribution in [0, 0.1) is 13.8 Å². The molecule has 0 atom stereocenters. The molecule has 0 fully saturated rings. The molecule has 5 rings (SSSR count). The highest BCUT2D eigenvalue weighted by atomic mass is 19.1. The van der Waals surface area contributed by atoms with Gasteiger partial charge >= 0.3 is 0 Å². The number of carbonyl (C=O) groups excluding carboxylic acids is 1. The second-order valence-corrected chi connectivity index (χ2v) is 10.4. The summed E-state index contributed by atoms with van der Waals surface area (Å²) in [7, 11) is 1.66. The van der Waals surface area contributed by atoms with Gasteiger partial charge in [-0.3, -0.25) is 19.3 Å². The van der Waals surface area contributed by atoms with Crippen molar-refractivity contribution in [2.24, 2.45) is 7.05 Å². The number of aromatic nitrogens is 5. The van der Waals surface area contributed by atoms with E-state index < -0.39 is 5.67 Å². The largest absolute Gasteiger partial charge is 0.456 e. The van der Waals surface area contributed by atoms with Crippen LogP contribution in [0.4, 0.5) is 4.39 Å².